The summed E-state index contributed by atoms with van der Waals surface area (Å²) >= 11 is 0. The average Bonchev–Trinajstić information content (AvgIpc) is 2.48. The van der Waals surface area contributed by atoms with Crippen molar-refractivity contribution in [1.29, 1.82) is 0 Å². The van der Waals surface area contributed by atoms with E-state index in [1.165, 1.54) is 10.4 Å². The van der Waals surface area contributed by atoms with Crippen LogP contribution in [0.1, 0.15) is 25.5 Å². The van der Waals surface area contributed by atoms with Crippen LogP contribution in [0, 0.1) is 5.92 Å². The Kier molecular flexibility index (Phi) is 5.22. The summed E-state index contributed by atoms with van der Waals surface area (Å²) in [4.78, 5) is 18.4. The molecule has 0 radical (unpaired) electrons. The van der Waals surface area contributed by atoms with Crippen molar-refractivity contribution >= 4 is 16.1 Å². The fraction of sp³-hybridized carbons (Fsp3) is 0.571. The zero-order valence-electron chi connectivity index (χ0n) is 12.0. The van der Waals surface area contributed by atoms with Gasteiger partial charge in [-0.2, -0.15) is 9.30 Å². The van der Waals surface area contributed by atoms with Gasteiger partial charge in [0.05, 0.1) is 5.75 Å². The Morgan fingerprint density at radius 3 is 2.95 bits per heavy atom. The summed E-state index contributed by atoms with van der Waals surface area (Å²) in [6.07, 6.45) is 4.53. The van der Waals surface area contributed by atoms with Crippen molar-refractivity contribution in [2.75, 3.05) is 12.3 Å². The number of aryl methyl sites for hydroxylation is 1. The van der Waals surface area contributed by atoms with Gasteiger partial charge in [0, 0.05) is 24.9 Å². The summed E-state index contributed by atoms with van der Waals surface area (Å²) in [6.45, 7) is 2.32. The first kappa shape index (κ1) is 15.8. The van der Waals surface area contributed by atoms with Crippen molar-refractivity contribution in [2.24, 2.45) is 10.9 Å². The van der Waals surface area contributed by atoms with Gasteiger partial charge in [-0.05, 0) is 30.9 Å². The van der Waals surface area contributed by atoms with Gasteiger partial charge in [0.25, 0.3) is 0 Å². The summed E-state index contributed by atoms with van der Waals surface area (Å²) < 4.78 is 26.3. The first-order valence-electron chi connectivity index (χ1n) is 7.01. The van der Waals surface area contributed by atoms with Gasteiger partial charge in [0.1, 0.15) is 6.17 Å². The molecular formula is C14H19N3O3S. The molecule has 1 aliphatic heterocycles. The lowest BCUT2D eigenvalue weighted by Crippen LogP contribution is -2.47. The van der Waals surface area contributed by atoms with Crippen LogP contribution in [0.3, 0.4) is 0 Å². The fourth-order valence-electron chi connectivity index (χ4n) is 2.58. The second kappa shape index (κ2) is 6.93. The first-order valence-corrected chi connectivity index (χ1v) is 8.62. The average molecular weight is 309 g/mol. The first-order chi connectivity index (χ1) is 10.0. The maximum absolute atomic E-state index is 12.5. The number of pyridine rings is 1. The number of nitrogens with zero attached hydrogens (tertiary/aromatic N) is 3. The molecule has 2 rings (SSSR count). The van der Waals surface area contributed by atoms with Crippen LogP contribution in [0.15, 0.2) is 29.4 Å². The number of hydrogen-bond acceptors (Lipinski definition) is 5. The predicted octanol–water partition coefficient (Wildman–Crippen LogP) is 1.35. The molecule has 114 valence electrons. The molecule has 2 unspecified atom stereocenters. The molecule has 0 N–H and O–H groups in total. The maximum Gasteiger partial charge on any atom is 0.236 e. The zero-order valence-corrected chi connectivity index (χ0v) is 12.8. The second-order valence-electron chi connectivity index (χ2n) is 5.25. The van der Waals surface area contributed by atoms with Crippen LogP contribution in [0.5, 0.6) is 0 Å². The van der Waals surface area contributed by atoms with Gasteiger partial charge in [0.2, 0.25) is 16.1 Å². The van der Waals surface area contributed by atoms with E-state index in [4.69, 9.17) is 0 Å². The molecule has 0 aliphatic carbocycles. The van der Waals surface area contributed by atoms with Crippen LogP contribution in [-0.4, -0.2) is 42.3 Å². The lowest BCUT2D eigenvalue weighted by molar-refractivity contribution is 0.194. The van der Waals surface area contributed by atoms with E-state index >= 15 is 0 Å². The van der Waals surface area contributed by atoms with Crippen molar-refractivity contribution in [3.63, 3.8) is 0 Å². The molecule has 1 aliphatic rings. The van der Waals surface area contributed by atoms with Crippen LogP contribution < -0.4 is 0 Å². The molecule has 21 heavy (non-hydrogen) atoms. The Morgan fingerprint density at radius 1 is 1.48 bits per heavy atom. The molecule has 1 aromatic rings. The van der Waals surface area contributed by atoms with Crippen molar-refractivity contribution in [3.8, 4) is 0 Å². The minimum Gasteiger partial charge on any atom is -0.261 e. The number of isocyanates is 1. The number of hydrogen-bond donors (Lipinski definition) is 0. The molecule has 1 fully saturated rings. The Labute approximate surface area is 125 Å². The number of sulfonamides is 1. The monoisotopic (exact) mass is 309 g/mol. The highest BCUT2D eigenvalue weighted by Crippen LogP contribution is 2.26. The van der Waals surface area contributed by atoms with Gasteiger partial charge in [-0.25, -0.2) is 13.2 Å². The summed E-state index contributed by atoms with van der Waals surface area (Å²) in [6, 6.07) is 5.42. The van der Waals surface area contributed by atoms with Crippen LogP contribution in [0.2, 0.25) is 0 Å². The Bertz CT molecular complexity index is 612. The topological polar surface area (TPSA) is 79.7 Å². The SMILES string of the molecule is CC1CCCN(S(=O)(=O)CCc2ccccn2)C1N=C=O. The molecule has 1 aromatic heterocycles. The Morgan fingerprint density at radius 2 is 2.29 bits per heavy atom. The molecular weight excluding hydrogens is 290 g/mol. The van der Waals surface area contributed by atoms with E-state index in [2.05, 4.69) is 9.98 Å². The molecule has 2 heterocycles. The van der Waals surface area contributed by atoms with E-state index in [1.54, 1.807) is 18.3 Å². The fourth-order valence-corrected chi connectivity index (χ4v) is 4.27. The number of rotatable bonds is 5. The highest BCUT2D eigenvalue weighted by molar-refractivity contribution is 7.89. The third-order valence-electron chi connectivity index (χ3n) is 3.73. The highest BCUT2D eigenvalue weighted by Gasteiger charge is 2.36. The number of carbonyl (C=O) groups excluding carboxylic acids is 1. The van der Waals surface area contributed by atoms with Gasteiger partial charge >= 0.3 is 0 Å². The number of aliphatic imine (C=N–C) groups is 1. The third-order valence-corrected chi connectivity index (χ3v) is 5.56. The molecule has 1 saturated heterocycles. The standard InChI is InChI=1S/C14H19N3O3S/c1-12-5-4-9-17(14(12)16-11-18)21(19,20)10-7-13-6-2-3-8-15-13/h2-3,6,8,12,14H,4-5,7,9-10H2,1H3. The Balaban J connectivity index is 2.11. The minimum atomic E-state index is -3.47. The van der Waals surface area contributed by atoms with E-state index < -0.39 is 16.2 Å². The number of aromatic nitrogens is 1. The summed E-state index contributed by atoms with van der Waals surface area (Å²) in [7, 11) is -3.47. The van der Waals surface area contributed by atoms with Gasteiger partial charge in [-0.3, -0.25) is 4.98 Å². The normalized spacial score (nSPS) is 23.5. The molecule has 2 atom stereocenters. The van der Waals surface area contributed by atoms with Crippen molar-refractivity contribution in [2.45, 2.75) is 32.4 Å². The van der Waals surface area contributed by atoms with Gasteiger partial charge in [-0.1, -0.05) is 13.0 Å². The molecule has 7 heteroatoms. The maximum atomic E-state index is 12.5. The molecule has 0 amide bonds. The molecule has 0 spiro atoms. The molecule has 0 aromatic carbocycles. The van der Waals surface area contributed by atoms with Crippen LogP contribution in [0.4, 0.5) is 0 Å². The van der Waals surface area contributed by atoms with Gasteiger partial charge in [-0.15, -0.1) is 0 Å². The van der Waals surface area contributed by atoms with Gasteiger partial charge < -0.3 is 0 Å². The van der Waals surface area contributed by atoms with E-state index in [0.29, 0.717) is 13.0 Å². The van der Waals surface area contributed by atoms with Gasteiger partial charge in [0.15, 0.2) is 0 Å². The molecule has 0 bridgehead atoms. The quantitative estimate of drug-likeness (QED) is 0.607. The number of piperidine rings is 1. The second-order valence-corrected chi connectivity index (χ2v) is 7.29. The lowest BCUT2D eigenvalue weighted by atomic mass is 9.98. The summed E-state index contributed by atoms with van der Waals surface area (Å²) in [5, 5.41) is 0. The van der Waals surface area contributed by atoms with Crippen LogP contribution >= 0.6 is 0 Å². The van der Waals surface area contributed by atoms with Crippen LogP contribution in [0.25, 0.3) is 0 Å². The van der Waals surface area contributed by atoms with E-state index in [0.717, 1.165) is 18.5 Å². The van der Waals surface area contributed by atoms with Crippen molar-refractivity contribution < 1.29 is 13.2 Å². The van der Waals surface area contributed by atoms with E-state index in [1.807, 2.05) is 13.0 Å². The zero-order chi connectivity index (χ0) is 15.3. The highest BCUT2D eigenvalue weighted by atomic mass is 32.2. The summed E-state index contributed by atoms with van der Waals surface area (Å²) in [5.41, 5.74) is 0.738. The predicted molar refractivity (Wildman–Crippen MR) is 78.7 cm³/mol. The molecule has 0 saturated carbocycles. The van der Waals surface area contributed by atoms with Crippen LogP contribution in [-0.2, 0) is 21.2 Å². The largest absolute Gasteiger partial charge is 0.261 e. The smallest absolute Gasteiger partial charge is 0.236 e. The third kappa shape index (κ3) is 3.97. The summed E-state index contributed by atoms with van der Waals surface area (Å²) in [5.74, 6) is 0.00607. The van der Waals surface area contributed by atoms with E-state index in [9.17, 15) is 13.2 Å². The molecule has 6 nitrogen and oxygen atoms in total. The Hall–Kier alpha value is -1.56. The van der Waals surface area contributed by atoms with E-state index in [-0.39, 0.29) is 11.7 Å². The van der Waals surface area contributed by atoms with Crippen molar-refractivity contribution in [1.82, 2.24) is 9.29 Å². The minimum absolute atomic E-state index is 0.0262. The van der Waals surface area contributed by atoms with Crippen molar-refractivity contribution in [3.05, 3.63) is 30.1 Å². The lowest BCUT2D eigenvalue weighted by Gasteiger charge is -2.35.